The molecule has 1 aliphatic rings. The second kappa shape index (κ2) is 10.9. The van der Waals surface area contributed by atoms with E-state index in [9.17, 15) is 13.2 Å². The van der Waals surface area contributed by atoms with E-state index in [1.54, 1.807) is 30.3 Å². The summed E-state index contributed by atoms with van der Waals surface area (Å²) in [6.07, 6.45) is 2.58. The fourth-order valence-corrected chi connectivity index (χ4v) is 5.55. The summed E-state index contributed by atoms with van der Waals surface area (Å²) in [5.74, 6) is 0.112. The highest BCUT2D eigenvalue weighted by Crippen LogP contribution is 2.32. The van der Waals surface area contributed by atoms with Gasteiger partial charge in [0, 0.05) is 12.2 Å². The Balaban J connectivity index is 1.40. The number of benzene rings is 3. The third-order valence-electron chi connectivity index (χ3n) is 5.66. The number of nitrogens with one attached hydrogen (secondary N) is 2. The molecule has 1 amide bonds. The van der Waals surface area contributed by atoms with Crippen LogP contribution in [0, 0.1) is 0 Å². The van der Waals surface area contributed by atoms with Crippen molar-refractivity contribution in [1.29, 1.82) is 0 Å². The lowest BCUT2D eigenvalue weighted by Crippen LogP contribution is -2.34. The molecule has 0 saturated carbocycles. The smallest absolute Gasteiger partial charge is 0.264 e. The van der Waals surface area contributed by atoms with Crippen LogP contribution in [0.1, 0.15) is 35.7 Å². The molecule has 0 aliphatic carbocycles. The van der Waals surface area contributed by atoms with E-state index in [-0.39, 0.29) is 15.9 Å². The van der Waals surface area contributed by atoms with Crippen LogP contribution in [-0.2, 0) is 16.4 Å². The number of ether oxygens (including phenoxy) is 1. The SMILES string of the molecule is CCCCOc1ccccc1C(=O)NC(=S)Nc1ccc(S(=O)(=O)N2CCc3ccccc32)cc1. The molecule has 4 rings (SSSR count). The molecule has 9 heteroatoms. The first kappa shape index (κ1) is 24.7. The standard InChI is InChI=1S/C26H27N3O4S2/c1-2-3-18-33-24-11-7-5-9-22(24)25(30)28-26(34)27-20-12-14-21(15-13-20)35(31,32)29-17-16-19-8-4-6-10-23(19)29/h4-15H,2-3,16-18H2,1H3,(H2,27,28,30,34). The van der Waals surface area contributed by atoms with Gasteiger partial charge in [-0.25, -0.2) is 8.42 Å². The van der Waals surface area contributed by atoms with Crippen molar-refractivity contribution in [1.82, 2.24) is 5.32 Å². The minimum atomic E-state index is -3.68. The molecule has 0 aromatic heterocycles. The lowest BCUT2D eigenvalue weighted by Gasteiger charge is -2.20. The van der Waals surface area contributed by atoms with E-state index >= 15 is 0 Å². The Hall–Kier alpha value is -3.43. The number of hydrogen-bond acceptors (Lipinski definition) is 5. The first-order valence-electron chi connectivity index (χ1n) is 11.4. The Morgan fingerprint density at radius 1 is 1.03 bits per heavy atom. The minimum absolute atomic E-state index is 0.0995. The maximum absolute atomic E-state index is 13.2. The monoisotopic (exact) mass is 509 g/mol. The van der Waals surface area contributed by atoms with Crippen molar-refractivity contribution in [2.24, 2.45) is 0 Å². The molecule has 0 fully saturated rings. The van der Waals surface area contributed by atoms with Gasteiger partial charge in [-0.05, 0) is 73.1 Å². The van der Waals surface area contributed by atoms with Gasteiger partial charge in [0.1, 0.15) is 5.75 Å². The van der Waals surface area contributed by atoms with Crippen molar-refractivity contribution >= 4 is 44.6 Å². The number of carbonyl (C=O) groups excluding carboxylic acids is 1. The van der Waals surface area contributed by atoms with Gasteiger partial charge in [0.05, 0.1) is 22.8 Å². The third kappa shape index (κ3) is 5.63. The van der Waals surface area contributed by atoms with E-state index < -0.39 is 10.0 Å². The molecule has 0 unspecified atom stereocenters. The van der Waals surface area contributed by atoms with Crippen molar-refractivity contribution in [2.45, 2.75) is 31.1 Å². The zero-order valence-electron chi connectivity index (χ0n) is 19.4. The van der Waals surface area contributed by atoms with Crippen LogP contribution in [-0.4, -0.2) is 32.6 Å². The van der Waals surface area contributed by atoms with Crippen LogP contribution in [0.15, 0.2) is 77.7 Å². The summed E-state index contributed by atoms with van der Waals surface area (Å²) in [4.78, 5) is 12.9. The molecule has 0 atom stereocenters. The molecule has 3 aromatic carbocycles. The van der Waals surface area contributed by atoms with Crippen molar-refractivity contribution < 1.29 is 17.9 Å². The molecule has 0 radical (unpaired) electrons. The van der Waals surface area contributed by atoms with Crippen LogP contribution in [0.3, 0.4) is 0 Å². The van der Waals surface area contributed by atoms with E-state index in [1.165, 1.54) is 16.4 Å². The molecule has 7 nitrogen and oxygen atoms in total. The molecule has 2 N–H and O–H groups in total. The van der Waals surface area contributed by atoms with Gasteiger partial charge in [-0.15, -0.1) is 0 Å². The Labute approximate surface area is 211 Å². The molecule has 1 aliphatic heterocycles. The number of thiocarbonyl (C=S) groups is 1. The van der Waals surface area contributed by atoms with Gasteiger partial charge in [-0.1, -0.05) is 43.7 Å². The average Bonchev–Trinajstić information content (AvgIpc) is 3.30. The Bertz CT molecular complexity index is 1320. The normalized spacial score (nSPS) is 12.7. The second-order valence-corrected chi connectivity index (χ2v) is 10.4. The minimum Gasteiger partial charge on any atom is -0.493 e. The molecule has 0 spiro atoms. The second-order valence-electron chi connectivity index (χ2n) is 8.09. The average molecular weight is 510 g/mol. The van der Waals surface area contributed by atoms with Gasteiger partial charge < -0.3 is 10.1 Å². The van der Waals surface area contributed by atoms with Gasteiger partial charge in [0.2, 0.25) is 0 Å². The highest BCUT2D eigenvalue weighted by atomic mass is 32.2. The Morgan fingerprint density at radius 2 is 1.74 bits per heavy atom. The number of unbranched alkanes of at least 4 members (excludes halogenated alkanes) is 1. The summed E-state index contributed by atoms with van der Waals surface area (Å²) in [6.45, 7) is 3.02. The molecule has 0 saturated heterocycles. The summed E-state index contributed by atoms with van der Waals surface area (Å²) in [5, 5.41) is 5.68. The number of fused-ring (bicyclic) bond motifs is 1. The van der Waals surface area contributed by atoms with E-state index in [4.69, 9.17) is 17.0 Å². The summed E-state index contributed by atoms with van der Waals surface area (Å²) in [5.41, 5.74) is 2.69. The fraction of sp³-hybridized carbons (Fsp3) is 0.231. The highest BCUT2D eigenvalue weighted by molar-refractivity contribution is 7.92. The van der Waals surface area contributed by atoms with Crippen LogP contribution in [0.4, 0.5) is 11.4 Å². The number of carbonyl (C=O) groups is 1. The molecular formula is C26H27N3O4S2. The zero-order valence-corrected chi connectivity index (χ0v) is 21.0. The molecular weight excluding hydrogens is 482 g/mol. The van der Waals surface area contributed by atoms with Gasteiger partial charge in [0.25, 0.3) is 15.9 Å². The lowest BCUT2D eigenvalue weighted by atomic mass is 10.2. The van der Waals surface area contributed by atoms with Crippen molar-refractivity contribution in [2.75, 3.05) is 22.8 Å². The quantitative estimate of drug-likeness (QED) is 0.337. The number of anilines is 2. The van der Waals surface area contributed by atoms with E-state index in [1.807, 2.05) is 30.3 Å². The summed E-state index contributed by atoms with van der Waals surface area (Å²) in [6, 6.07) is 20.8. The third-order valence-corrected chi connectivity index (χ3v) is 7.69. The number of nitrogens with zero attached hydrogens (tertiary/aromatic N) is 1. The topological polar surface area (TPSA) is 87.7 Å². The maximum atomic E-state index is 13.2. The van der Waals surface area contributed by atoms with E-state index in [0.717, 1.165) is 24.1 Å². The van der Waals surface area contributed by atoms with Gasteiger partial charge >= 0.3 is 0 Å². The van der Waals surface area contributed by atoms with Gasteiger partial charge in [-0.2, -0.15) is 0 Å². The zero-order chi connectivity index (χ0) is 24.8. The van der Waals surface area contributed by atoms with Gasteiger partial charge in [-0.3, -0.25) is 14.4 Å². The van der Waals surface area contributed by atoms with Crippen LogP contribution in [0.5, 0.6) is 5.75 Å². The van der Waals surface area contributed by atoms with Gasteiger partial charge in [0.15, 0.2) is 5.11 Å². The van der Waals surface area contributed by atoms with Crippen LogP contribution >= 0.6 is 12.2 Å². The van der Waals surface area contributed by atoms with Crippen LogP contribution in [0.25, 0.3) is 0 Å². The Morgan fingerprint density at radius 3 is 2.51 bits per heavy atom. The van der Waals surface area contributed by atoms with Crippen LogP contribution in [0.2, 0.25) is 0 Å². The number of amides is 1. The summed E-state index contributed by atoms with van der Waals surface area (Å²) < 4.78 is 33.5. The number of sulfonamides is 1. The lowest BCUT2D eigenvalue weighted by molar-refractivity contribution is 0.0973. The highest BCUT2D eigenvalue weighted by Gasteiger charge is 2.30. The fourth-order valence-electron chi connectivity index (χ4n) is 3.83. The number of hydrogen-bond donors (Lipinski definition) is 2. The Kier molecular flexibility index (Phi) is 7.67. The molecule has 35 heavy (non-hydrogen) atoms. The predicted molar refractivity (Wildman–Crippen MR) is 142 cm³/mol. The largest absolute Gasteiger partial charge is 0.493 e. The maximum Gasteiger partial charge on any atom is 0.264 e. The summed E-state index contributed by atoms with van der Waals surface area (Å²) >= 11 is 5.29. The molecule has 1 heterocycles. The first-order chi connectivity index (χ1) is 16.9. The van der Waals surface area contributed by atoms with Crippen molar-refractivity contribution in [3.63, 3.8) is 0 Å². The molecule has 3 aromatic rings. The van der Waals surface area contributed by atoms with E-state index in [0.29, 0.717) is 36.6 Å². The molecule has 0 bridgehead atoms. The van der Waals surface area contributed by atoms with Crippen molar-refractivity contribution in [3.05, 3.63) is 83.9 Å². The first-order valence-corrected chi connectivity index (χ1v) is 13.3. The van der Waals surface area contributed by atoms with Crippen LogP contribution < -0.4 is 19.7 Å². The van der Waals surface area contributed by atoms with E-state index in [2.05, 4.69) is 17.6 Å². The molecule has 182 valence electrons. The van der Waals surface area contributed by atoms with Crippen molar-refractivity contribution in [3.8, 4) is 5.75 Å². The number of rotatable bonds is 8. The number of para-hydroxylation sites is 2. The predicted octanol–water partition coefficient (Wildman–Crippen LogP) is 4.74. The summed E-state index contributed by atoms with van der Waals surface area (Å²) in [7, 11) is -3.68.